The number of aliphatic imine (C=N–C) groups is 1. The number of halogens is 1. The van der Waals surface area contributed by atoms with E-state index in [0.717, 1.165) is 5.56 Å². The minimum Gasteiger partial charge on any atom is -0.497 e. The van der Waals surface area contributed by atoms with E-state index in [2.05, 4.69) is 10.3 Å². The Hall–Kier alpha value is -3.85. The van der Waals surface area contributed by atoms with Crippen molar-refractivity contribution in [3.8, 4) is 11.5 Å². The van der Waals surface area contributed by atoms with Gasteiger partial charge in [-0.1, -0.05) is 30.0 Å². The Kier molecular flexibility index (Phi) is 7.67. The third-order valence-corrected chi connectivity index (χ3v) is 6.51. The summed E-state index contributed by atoms with van der Waals surface area (Å²) in [6, 6.07) is 20.0. The molecule has 1 fully saturated rings. The van der Waals surface area contributed by atoms with Gasteiger partial charge in [0.25, 0.3) is 0 Å². The number of rotatable bonds is 7. The number of nitrogens with one attached hydrogen (secondary N) is 1. The lowest BCUT2D eigenvalue weighted by molar-refractivity contribution is -0.129. The van der Waals surface area contributed by atoms with E-state index in [1.54, 1.807) is 43.4 Å². The number of hydrogen-bond donors (Lipinski definition) is 1. The standard InChI is InChI=1S/C26H24FN3O4S/c1-33-21-12-6-17(7-13-21)16-30-24(31)15-23(25(32)28-20-4-3-5-22(14-20)34-2)35-26(30)29-19-10-8-18(27)9-11-19/h3-14,23H,15-16H2,1-2H3,(H,28,32). The SMILES string of the molecule is COc1ccc(CN2C(=O)CC(C(=O)Nc3cccc(OC)c3)SC2=Nc2ccc(F)cc2)cc1. The van der Waals surface area contributed by atoms with E-state index in [0.29, 0.717) is 28.0 Å². The monoisotopic (exact) mass is 493 g/mol. The number of amides is 2. The van der Waals surface area contributed by atoms with Gasteiger partial charge in [-0.25, -0.2) is 9.38 Å². The number of hydrogen-bond acceptors (Lipinski definition) is 6. The zero-order chi connectivity index (χ0) is 24.8. The molecule has 0 aliphatic carbocycles. The predicted octanol–water partition coefficient (Wildman–Crippen LogP) is 5.00. The van der Waals surface area contributed by atoms with Crippen LogP contribution in [0.15, 0.2) is 77.8 Å². The Morgan fingerprint density at radius 1 is 1.06 bits per heavy atom. The van der Waals surface area contributed by atoms with E-state index in [9.17, 15) is 14.0 Å². The Balaban J connectivity index is 1.58. The number of carbonyl (C=O) groups is 2. The van der Waals surface area contributed by atoms with Crippen LogP contribution in [0.4, 0.5) is 15.8 Å². The largest absolute Gasteiger partial charge is 0.497 e. The smallest absolute Gasteiger partial charge is 0.238 e. The molecule has 35 heavy (non-hydrogen) atoms. The van der Waals surface area contributed by atoms with Gasteiger partial charge in [-0.2, -0.15) is 0 Å². The average Bonchev–Trinajstić information content (AvgIpc) is 2.87. The second-order valence-corrected chi connectivity index (χ2v) is 8.90. The number of nitrogens with zero attached hydrogens (tertiary/aromatic N) is 2. The fourth-order valence-electron chi connectivity index (χ4n) is 3.46. The number of carbonyl (C=O) groups excluding carboxylic acids is 2. The maximum Gasteiger partial charge on any atom is 0.238 e. The van der Waals surface area contributed by atoms with Gasteiger partial charge in [0, 0.05) is 18.2 Å². The van der Waals surface area contributed by atoms with E-state index in [1.807, 2.05) is 24.3 Å². The number of anilines is 1. The van der Waals surface area contributed by atoms with Crippen molar-refractivity contribution in [1.29, 1.82) is 0 Å². The lowest BCUT2D eigenvalue weighted by Crippen LogP contribution is -2.44. The Morgan fingerprint density at radius 2 is 1.77 bits per heavy atom. The van der Waals surface area contributed by atoms with E-state index >= 15 is 0 Å². The van der Waals surface area contributed by atoms with Gasteiger partial charge in [-0.05, 0) is 54.1 Å². The van der Waals surface area contributed by atoms with Crippen LogP contribution in [0.1, 0.15) is 12.0 Å². The van der Waals surface area contributed by atoms with Gasteiger partial charge < -0.3 is 14.8 Å². The molecule has 0 bridgehead atoms. The first-order chi connectivity index (χ1) is 16.9. The molecule has 0 saturated carbocycles. The molecule has 1 N–H and O–H groups in total. The summed E-state index contributed by atoms with van der Waals surface area (Å²) in [6.45, 7) is 0.278. The van der Waals surface area contributed by atoms with Crippen molar-refractivity contribution in [2.45, 2.75) is 18.2 Å². The first-order valence-electron chi connectivity index (χ1n) is 10.8. The second kappa shape index (κ2) is 11.1. The summed E-state index contributed by atoms with van der Waals surface area (Å²) in [5, 5.41) is 2.54. The van der Waals surface area contributed by atoms with Gasteiger partial charge in [-0.15, -0.1) is 0 Å². The van der Waals surface area contributed by atoms with Crippen LogP contribution in [0.2, 0.25) is 0 Å². The van der Waals surface area contributed by atoms with Gasteiger partial charge in [-0.3, -0.25) is 14.5 Å². The van der Waals surface area contributed by atoms with Crippen molar-refractivity contribution in [2.75, 3.05) is 19.5 Å². The first-order valence-corrected chi connectivity index (χ1v) is 11.7. The molecule has 4 rings (SSSR count). The summed E-state index contributed by atoms with van der Waals surface area (Å²) in [7, 11) is 3.14. The fourth-order valence-corrected chi connectivity index (χ4v) is 4.56. The van der Waals surface area contributed by atoms with Crippen molar-refractivity contribution in [2.24, 2.45) is 4.99 Å². The fraction of sp³-hybridized carbons (Fsp3) is 0.192. The number of amidine groups is 1. The minimum absolute atomic E-state index is 0.0130. The highest BCUT2D eigenvalue weighted by Gasteiger charge is 2.36. The van der Waals surface area contributed by atoms with Crippen molar-refractivity contribution < 1.29 is 23.5 Å². The molecule has 1 aliphatic heterocycles. The lowest BCUT2D eigenvalue weighted by atomic mass is 10.2. The molecule has 9 heteroatoms. The van der Waals surface area contributed by atoms with Crippen LogP contribution in [0.25, 0.3) is 0 Å². The van der Waals surface area contributed by atoms with Crippen molar-refractivity contribution in [3.63, 3.8) is 0 Å². The van der Waals surface area contributed by atoms with Crippen LogP contribution >= 0.6 is 11.8 Å². The van der Waals surface area contributed by atoms with Crippen molar-refractivity contribution >= 4 is 40.1 Å². The third kappa shape index (κ3) is 6.19. The molecule has 1 unspecified atom stereocenters. The summed E-state index contributed by atoms with van der Waals surface area (Å²) >= 11 is 1.20. The number of benzene rings is 3. The molecule has 0 spiro atoms. The molecule has 1 saturated heterocycles. The average molecular weight is 494 g/mol. The van der Waals surface area contributed by atoms with Crippen LogP contribution in [0.3, 0.4) is 0 Å². The molecule has 1 aliphatic rings. The maximum atomic E-state index is 13.4. The molecule has 7 nitrogen and oxygen atoms in total. The molecular formula is C26H24FN3O4S. The molecule has 3 aromatic rings. The van der Waals surface area contributed by atoms with E-state index < -0.39 is 5.25 Å². The van der Waals surface area contributed by atoms with E-state index in [1.165, 1.54) is 36.0 Å². The number of thioether (sulfide) groups is 1. The zero-order valence-electron chi connectivity index (χ0n) is 19.2. The molecule has 2 amide bonds. The Bertz CT molecular complexity index is 1230. The van der Waals surface area contributed by atoms with Gasteiger partial charge >= 0.3 is 0 Å². The first kappa shape index (κ1) is 24.3. The topological polar surface area (TPSA) is 80.2 Å². The van der Waals surface area contributed by atoms with Crippen LogP contribution in [-0.4, -0.2) is 41.4 Å². The van der Waals surface area contributed by atoms with Crippen LogP contribution in [-0.2, 0) is 16.1 Å². The van der Waals surface area contributed by atoms with Crippen molar-refractivity contribution in [3.05, 3.63) is 84.2 Å². The van der Waals surface area contributed by atoms with Gasteiger partial charge in [0.2, 0.25) is 11.8 Å². The Morgan fingerprint density at radius 3 is 2.46 bits per heavy atom. The van der Waals surface area contributed by atoms with E-state index in [-0.39, 0.29) is 30.6 Å². The normalized spacial score (nSPS) is 16.8. The van der Waals surface area contributed by atoms with E-state index in [4.69, 9.17) is 9.47 Å². The summed E-state index contributed by atoms with van der Waals surface area (Å²) in [5.41, 5.74) is 1.93. The third-order valence-electron chi connectivity index (χ3n) is 5.32. The molecule has 0 radical (unpaired) electrons. The van der Waals surface area contributed by atoms with Crippen LogP contribution in [0.5, 0.6) is 11.5 Å². The van der Waals surface area contributed by atoms with Crippen LogP contribution in [0, 0.1) is 5.82 Å². The lowest BCUT2D eigenvalue weighted by Gasteiger charge is -2.32. The molecule has 1 atom stereocenters. The zero-order valence-corrected chi connectivity index (χ0v) is 20.0. The van der Waals surface area contributed by atoms with Gasteiger partial charge in [0.1, 0.15) is 22.6 Å². The highest BCUT2D eigenvalue weighted by Crippen LogP contribution is 2.31. The maximum absolute atomic E-state index is 13.4. The molecule has 1 heterocycles. The van der Waals surface area contributed by atoms with Crippen molar-refractivity contribution in [1.82, 2.24) is 4.90 Å². The molecular weight excluding hydrogens is 469 g/mol. The van der Waals surface area contributed by atoms with Crippen LogP contribution < -0.4 is 14.8 Å². The second-order valence-electron chi connectivity index (χ2n) is 7.73. The highest BCUT2D eigenvalue weighted by molar-refractivity contribution is 8.15. The van der Waals surface area contributed by atoms with Gasteiger partial charge in [0.15, 0.2) is 5.17 Å². The summed E-state index contributed by atoms with van der Waals surface area (Å²) in [4.78, 5) is 32.3. The summed E-state index contributed by atoms with van der Waals surface area (Å²) in [5.74, 6) is 0.396. The summed E-state index contributed by atoms with van der Waals surface area (Å²) < 4.78 is 23.8. The predicted molar refractivity (Wildman–Crippen MR) is 135 cm³/mol. The minimum atomic E-state index is -0.681. The molecule has 180 valence electrons. The Labute approximate surface area is 207 Å². The highest BCUT2D eigenvalue weighted by atomic mass is 32.2. The number of methoxy groups -OCH3 is 2. The molecule has 0 aromatic heterocycles. The van der Waals surface area contributed by atoms with Gasteiger partial charge in [0.05, 0.1) is 26.5 Å². The molecule has 3 aromatic carbocycles. The summed E-state index contributed by atoms with van der Waals surface area (Å²) in [6.07, 6.45) is 0.0130. The quantitative estimate of drug-likeness (QED) is 0.501. The number of ether oxygens (including phenoxy) is 2.